The number of aliphatic carboxylic acids is 1. The summed E-state index contributed by atoms with van der Waals surface area (Å²) in [4.78, 5) is 49.4. The van der Waals surface area contributed by atoms with E-state index in [4.69, 9.17) is 14.2 Å². The third-order valence-electron chi connectivity index (χ3n) is 5.13. The van der Waals surface area contributed by atoms with E-state index >= 15 is 0 Å². The highest BCUT2D eigenvalue weighted by molar-refractivity contribution is 5.84. The minimum absolute atomic E-state index is 0.00428. The van der Waals surface area contributed by atoms with E-state index in [1.165, 1.54) is 12.1 Å². The first-order valence-electron chi connectivity index (χ1n) is 12.1. The Labute approximate surface area is 207 Å². The summed E-state index contributed by atoms with van der Waals surface area (Å²) in [6, 6.07) is 4.14. The molecular formula is C26H39NO8. The van der Waals surface area contributed by atoms with Gasteiger partial charge in [-0.1, -0.05) is 26.8 Å². The number of carboxylic acids is 1. The fourth-order valence-corrected chi connectivity index (χ4v) is 2.98. The van der Waals surface area contributed by atoms with Gasteiger partial charge in [0.1, 0.15) is 0 Å². The van der Waals surface area contributed by atoms with Gasteiger partial charge in [0.25, 0.3) is 5.72 Å². The number of nitrogens with one attached hydrogen (secondary N) is 1. The topological polar surface area (TPSA) is 128 Å². The van der Waals surface area contributed by atoms with Crippen molar-refractivity contribution in [1.29, 1.82) is 0 Å². The summed E-state index contributed by atoms with van der Waals surface area (Å²) in [7, 11) is 0. The molecule has 9 heteroatoms. The maximum absolute atomic E-state index is 12.7. The van der Waals surface area contributed by atoms with Crippen molar-refractivity contribution in [1.82, 2.24) is 5.32 Å². The highest BCUT2D eigenvalue weighted by Gasteiger charge is 2.46. The second-order valence-electron chi connectivity index (χ2n) is 9.63. The monoisotopic (exact) mass is 493 g/mol. The van der Waals surface area contributed by atoms with Gasteiger partial charge in [0.05, 0.1) is 5.41 Å². The molecule has 196 valence electrons. The Kier molecular flexibility index (Phi) is 11.4. The van der Waals surface area contributed by atoms with E-state index < -0.39 is 35.0 Å². The van der Waals surface area contributed by atoms with Crippen LogP contribution in [0.25, 0.3) is 0 Å². The molecule has 1 aromatic carbocycles. The Morgan fingerprint density at radius 1 is 0.943 bits per heavy atom. The van der Waals surface area contributed by atoms with Gasteiger partial charge >= 0.3 is 23.9 Å². The van der Waals surface area contributed by atoms with E-state index in [1.54, 1.807) is 33.8 Å². The van der Waals surface area contributed by atoms with E-state index in [-0.39, 0.29) is 36.8 Å². The molecule has 0 bridgehead atoms. The molecule has 1 aromatic rings. The lowest BCUT2D eigenvalue weighted by atomic mass is 9.95. The number of hydrogen-bond acceptors (Lipinski definition) is 8. The smallest absolute Gasteiger partial charge is 0.364 e. The van der Waals surface area contributed by atoms with Crippen LogP contribution in [0.4, 0.5) is 0 Å². The van der Waals surface area contributed by atoms with E-state index in [9.17, 15) is 24.3 Å². The predicted molar refractivity (Wildman–Crippen MR) is 130 cm³/mol. The van der Waals surface area contributed by atoms with Crippen molar-refractivity contribution in [3.63, 3.8) is 0 Å². The van der Waals surface area contributed by atoms with Crippen LogP contribution in [0.2, 0.25) is 0 Å². The lowest BCUT2D eigenvalue weighted by molar-refractivity contribution is -0.190. The molecule has 0 aliphatic heterocycles. The first-order chi connectivity index (χ1) is 16.3. The van der Waals surface area contributed by atoms with E-state index in [1.807, 2.05) is 20.8 Å². The summed E-state index contributed by atoms with van der Waals surface area (Å²) in [5.74, 6) is -2.99. The average Bonchev–Trinajstić information content (AvgIpc) is 2.74. The Morgan fingerprint density at radius 3 is 1.94 bits per heavy atom. The van der Waals surface area contributed by atoms with E-state index in [0.717, 1.165) is 0 Å². The third kappa shape index (κ3) is 9.32. The van der Waals surface area contributed by atoms with Crippen LogP contribution in [-0.4, -0.2) is 40.8 Å². The number of benzene rings is 1. The van der Waals surface area contributed by atoms with Gasteiger partial charge in [-0.05, 0) is 64.7 Å². The summed E-state index contributed by atoms with van der Waals surface area (Å²) in [6.45, 7) is 12.2. The highest BCUT2D eigenvalue weighted by Crippen LogP contribution is 2.32. The quantitative estimate of drug-likeness (QED) is 0.233. The lowest BCUT2D eigenvalue weighted by Crippen LogP contribution is -2.60. The summed E-state index contributed by atoms with van der Waals surface area (Å²) in [5.41, 5.74) is -2.60. The molecule has 9 nitrogen and oxygen atoms in total. The molecule has 0 aromatic heterocycles. The Bertz CT molecular complexity index is 905. The molecule has 1 rings (SSSR count). The van der Waals surface area contributed by atoms with Crippen molar-refractivity contribution in [2.24, 2.45) is 5.41 Å². The zero-order valence-corrected chi connectivity index (χ0v) is 21.9. The van der Waals surface area contributed by atoms with Crippen molar-refractivity contribution in [3.8, 4) is 11.5 Å². The third-order valence-corrected chi connectivity index (χ3v) is 5.13. The average molecular weight is 494 g/mol. The maximum Gasteiger partial charge on any atom is 0.364 e. The van der Waals surface area contributed by atoms with Crippen molar-refractivity contribution in [2.45, 2.75) is 98.8 Å². The van der Waals surface area contributed by atoms with Gasteiger partial charge in [-0.15, -0.1) is 0 Å². The van der Waals surface area contributed by atoms with Crippen LogP contribution < -0.4 is 14.8 Å². The molecule has 35 heavy (non-hydrogen) atoms. The maximum atomic E-state index is 12.7. The summed E-state index contributed by atoms with van der Waals surface area (Å²) in [5, 5.41) is 13.1. The molecule has 0 heterocycles. The molecule has 0 aliphatic carbocycles. The number of carbonyl (C=O) groups is 4. The molecular weight excluding hydrogens is 454 g/mol. The SMILES string of the molecule is CCCC(=O)Oc1ccc(C[C@](NC(C)CC)(OC(=O)C(C)(C)C)C(=O)O)cc1OC(=O)CCC. The molecule has 2 atom stereocenters. The highest BCUT2D eigenvalue weighted by atomic mass is 16.6. The van der Waals surface area contributed by atoms with Crippen LogP contribution in [0.5, 0.6) is 11.5 Å². The molecule has 0 amide bonds. The van der Waals surface area contributed by atoms with Gasteiger partial charge in [0.2, 0.25) is 0 Å². The molecule has 0 saturated heterocycles. The Balaban J connectivity index is 3.48. The molecule has 0 fully saturated rings. The molecule has 0 saturated carbocycles. The number of hydrogen-bond donors (Lipinski definition) is 2. The fourth-order valence-electron chi connectivity index (χ4n) is 2.98. The number of ether oxygens (including phenoxy) is 3. The normalized spacial score (nSPS) is 13.9. The van der Waals surface area contributed by atoms with Crippen LogP contribution in [0, 0.1) is 5.41 Å². The molecule has 2 N–H and O–H groups in total. The molecule has 1 unspecified atom stereocenters. The van der Waals surface area contributed by atoms with Crippen LogP contribution in [0.15, 0.2) is 18.2 Å². The zero-order valence-electron chi connectivity index (χ0n) is 21.9. The lowest BCUT2D eigenvalue weighted by Gasteiger charge is -2.35. The van der Waals surface area contributed by atoms with Gasteiger partial charge in [0, 0.05) is 25.3 Å². The van der Waals surface area contributed by atoms with Crippen molar-refractivity contribution < 1.29 is 38.5 Å². The first kappa shape index (κ1) is 30.1. The van der Waals surface area contributed by atoms with Gasteiger partial charge in [0.15, 0.2) is 11.5 Å². The Morgan fingerprint density at radius 2 is 1.49 bits per heavy atom. The van der Waals surface area contributed by atoms with Crippen molar-refractivity contribution >= 4 is 23.9 Å². The second kappa shape index (κ2) is 13.2. The van der Waals surface area contributed by atoms with Crippen LogP contribution in [0.3, 0.4) is 0 Å². The van der Waals surface area contributed by atoms with Crippen LogP contribution >= 0.6 is 0 Å². The number of carboxylic acid groups (broad SMARTS) is 1. The molecule has 0 radical (unpaired) electrons. The summed E-state index contributed by atoms with van der Waals surface area (Å²) in [6.07, 6.45) is 1.83. The van der Waals surface area contributed by atoms with Crippen molar-refractivity contribution in [2.75, 3.05) is 0 Å². The summed E-state index contributed by atoms with van der Waals surface area (Å²) < 4.78 is 16.4. The first-order valence-corrected chi connectivity index (χ1v) is 12.1. The summed E-state index contributed by atoms with van der Waals surface area (Å²) >= 11 is 0. The van der Waals surface area contributed by atoms with Crippen molar-refractivity contribution in [3.05, 3.63) is 23.8 Å². The largest absolute Gasteiger partial charge is 0.477 e. The predicted octanol–water partition coefficient (Wildman–Crippen LogP) is 4.40. The van der Waals surface area contributed by atoms with Crippen LogP contribution in [0.1, 0.15) is 86.1 Å². The zero-order chi connectivity index (χ0) is 26.8. The van der Waals surface area contributed by atoms with E-state index in [0.29, 0.717) is 24.8 Å². The van der Waals surface area contributed by atoms with Crippen LogP contribution in [-0.2, 0) is 30.3 Å². The number of rotatable bonds is 13. The van der Waals surface area contributed by atoms with Gasteiger partial charge in [-0.2, -0.15) is 0 Å². The molecule has 0 spiro atoms. The standard InChI is InChI=1S/C26H39NO8/c1-8-11-21(28)33-19-14-13-18(15-20(19)34-22(29)12-9-2)16-26(23(30)31,27-17(4)10-3)35-24(32)25(5,6)7/h13-15,17,27H,8-12,16H2,1-7H3,(H,30,31)/t17?,26-/m0/s1. The minimum Gasteiger partial charge on any atom is -0.477 e. The van der Waals surface area contributed by atoms with E-state index in [2.05, 4.69) is 5.32 Å². The number of esters is 3. The fraction of sp³-hybridized carbons (Fsp3) is 0.615. The second-order valence-corrected chi connectivity index (χ2v) is 9.63. The Hall–Kier alpha value is -2.94. The number of carbonyl (C=O) groups excluding carboxylic acids is 3. The van der Waals surface area contributed by atoms with Gasteiger partial charge < -0.3 is 19.3 Å². The van der Waals surface area contributed by atoms with Gasteiger partial charge in [-0.3, -0.25) is 19.7 Å². The minimum atomic E-state index is -2.06. The molecule has 0 aliphatic rings. The van der Waals surface area contributed by atoms with Gasteiger partial charge in [-0.25, -0.2) is 4.79 Å².